The number of carbonyl (C=O) groups excluding carboxylic acids is 2. The molecule has 1 atom stereocenters. The van der Waals surface area contributed by atoms with Gasteiger partial charge in [0.2, 0.25) is 0 Å². The molecular weight excluding hydrogens is 327 g/mol. The van der Waals surface area contributed by atoms with Crippen LogP contribution in [0.25, 0.3) is 0 Å². The maximum atomic E-state index is 13.6. The predicted octanol–water partition coefficient (Wildman–Crippen LogP) is 3.38. The van der Waals surface area contributed by atoms with E-state index in [-0.39, 0.29) is 24.0 Å². The fourth-order valence-electron chi connectivity index (χ4n) is 2.48. The molecule has 1 heterocycles. The second kappa shape index (κ2) is 7.90. The summed E-state index contributed by atoms with van der Waals surface area (Å²) in [5.41, 5.74) is 0.186. The Morgan fingerprint density at radius 2 is 1.84 bits per heavy atom. The minimum atomic E-state index is -0.799. The average Bonchev–Trinajstić information content (AvgIpc) is 3.14. The van der Waals surface area contributed by atoms with E-state index >= 15 is 0 Å². The Bertz CT molecular complexity index is 751. The van der Waals surface area contributed by atoms with Gasteiger partial charge in [-0.15, -0.1) is 0 Å². The molecule has 3 rings (SSSR count). The van der Waals surface area contributed by atoms with E-state index in [1.54, 1.807) is 6.07 Å². The number of halogens is 1. The van der Waals surface area contributed by atoms with Crippen LogP contribution >= 0.6 is 0 Å². The van der Waals surface area contributed by atoms with Gasteiger partial charge in [0.1, 0.15) is 18.2 Å². The zero-order valence-electron chi connectivity index (χ0n) is 13.4. The lowest BCUT2D eigenvalue weighted by atomic mass is 10.2. The highest BCUT2D eigenvalue weighted by Gasteiger charge is 2.18. The van der Waals surface area contributed by atoms with Crippen LogP contribution in [0.1, 0.15) is 33.6 Å². The number of esters is 2. The Morgan fingerprint density at radius 3 is 2.52 bits per heavy atom. The van der Waals surface area contributed by atoms with Crippen LogP contribution in [0.4, 0.5) is 4.39 Å². The van der Waals surface area contributed by atoms with E-state index in [9.17, 15) is 14.0 Å². The van der Waals surface area contributed by atoms with Crippen molar-refractivity contribution in [1.29, 1.82) is 0 Å². The van der Waals surface area contributed by atoms with Gasteiger partial charge in [-0.2, -0.15) is 0 Å². The highest BCUT2D eigenvalue weighted by Crippen LogP contribution is 2.17. The lowest BCUT2D eigenvalue weighted by molar-refractivity contribution is 0.0161. The topological polar surface area (TPSA) is 61.8 Å². The molecule has 0 aromatic heterocycles. The largest absolute Gasteiger partial charge is 0.459 e. The lowest BCUT2D eigenvalue weighted by Crippen LogP contribution is -2.17. The van der Waals surface area contributed by atoms with Crippen LogP contribution in [0, 0.1) is 5.82 Å². The summed E-state index contributed by atoms with van der Waals surface area (Å²) in [5.74, 6) is -1.71. The molecule has 25 heavy (non-hydrogen) atoms. The van der Waals surface area contributed by atoms with Gasteiger partial charge in [0, 0.05) is 6.61 Å². The Labute approximate surface area is 144 Å². The molecule has 0 bridgehead atoms. The SMILES string of the molecule is O=C(OC[C@@H]1CCCO1)c1ccc(OC(=O)c2ccccc2F)cc1. The quantitative estimate of drug-likeness (QED) is 0.615. The normalized spacial score (nSPS) is 16.4. The van der Waals surface area contributed by atoms with Gasteiger partial charge >= 0.3 is 11.9 Å². The summed E-state index contributed by atoms with van der Waals surface area (Å²) in [5, 5.41) is 0. The van der Waals surface area contributed by atoms with Gasteiger partial charge in [-0.1, -0.05) is 12.1 Å². The second-order valence-electron chi connectivity index (χ2n) is 5.63. The van der Waals surface area contributed by atoms with Gasteiger partial charge in [-0.05, 0) is 49.2 Å². The third kappa shape index (κ3) is 4.42. The Kier molecular flexibility index (Phi) is 5.40. The van der Waals surface area contributed by atoms with Crippen molar-refractivity contribution in [2.24, 2.45) is 0 Å². The van der Waals surface area contributed by atoms with Crippen molar-refractivity contribution in [3.8, 4) is 5.75 Å². The molecular formula is C19H17FO5. The Balaban J connectivity index is 1.57. The molecule has 6 heteroatoms. The first-order valence-corrected chi connectivity index (χ1v) is 7.99. The van der Waals surface area contributed by atoms with E-state index in [1.807, 2.05) is 0 Å². The Hall–Kier alpha value is -2.73. The van der Waals surface area contributed by atoms with Crippen LogP contribution in [0.3, 0.4) is 0 Å². The van der Waals surface area contributed by atoms with Gasteiger partial charge in [-0.3, -0.25) is 0 Å². The highest BCUT2D eigenvalue weighted by molar-refractivity contribution is 5.92. The summed E-state index contributed by atoms with van der Waals surface area (Å²) in [7, 11) is 0. The van der Waals surface area contributed by atoms with Crippen LogP contribution in [0.2, 0.25) is 0 Å². The second-order valence-corrected chi connectivity index (χ2v) is 5.63. The van der Waals surface area contributed by atoms with E-state index < -0.39 is 17.8 Å². The molecule has 1 saturated heterocycles. The van der Waals surface area contributed by atoms with Crippen molar-refractivity contribution in [3.63, 3.8) is 0 Å². The van der Waals surface area contributed by atoms with Crippen molar-refractivity contribution >= 4 is 11.9 Å². The third-order valence-electron chi connectivity index (χ3n) is 3.82. The number of hydrogen-bond donors (Lipinski definition) is 0. The van der Waals surface area contributed by atoms with Crippen LogP contribution in [-0.4, -0.2) is 31.3 Å². The van der Waals surface area contributed by atoms with Crippen LogP contribution in [0.5, 0.6) is 5.75 Å². The van der Waals surface area contributed by atoms with Gasteiger partial charge in [0.25, 0.3) is 0 Å². The molecule has 1 aliphatic heterocycles. The maximum Gasteiger partial charge on any atom is 0.346 e. The first-order valence-electron chi connectivity index (χ1n) is 7.99. The van der Waals surface area contributed by atoms with E-state index in [4.69, 9.17) is 14.2 Å². The first kappa shape index (κ1) is 17.1. The molecule has 1 fully saturated rings. The molecule has 5 nitrogen and oxygen atoms in total. The molecule has 1 aliphatic rings. The van der Waals surface area contributed by atoms with Crippen molar-refractivity contribution in [2.45, 2.75) is 18.9 Å². The average molecular weight is 344 g/mol. The van der Waals surface area contributed by atoms with Crippen LogP contribution in [-0.2, 0) is 9.47 Å². The number of carbonyl (C=O) groups is 2. The van der Waals surface area contributed by atoms with E-state index in [2.05, 4.69) is 0 Å². The van der Waals surface area contributed by atoms with Crippen LogP contribution in [0.15, 0.2) is 48.5 Å². The fourth-order valence-corrected chi connectivity index (χ4v) is 2.48. The molecule has 0 radical (unpaired) electrons. The molecule has 0 amide bonds. The Morgan fingerprint density at radius 1 is 1.08 bits per heavy atom. The minimum absolute atomic E-state index is 0.0371. The molecule has 2 aromatic carbocycles. The summed E-state index contributed by atoms with van der Waals surface area (Å²) >= 11 is 0. The van der Waals surface area contributed by atoms with Gasteiger partial charge in [0.15, 0.2) is 0 Å². The van der Waals surface area contributed by atoms with Crippen LogP contribution < -0.4 is 4.74 Å². The lowest BCUT2D eigenvalue weighted by Gasteiger charge is -2.10. The molecule has 130 valence electrons. The zero-order chi connectivity index (χ0) is 17.6. The molecule has 0 aliphatic carbocycles. The first-order chi connectivity index (χ1) is 12.1. The monoisotopic (exact) mass is 344 g/mol. The fraction of sp³-hybridized carbons (Fsp3) is 0.263. The van der Waals surface area contributed by atoms with Crippen molar-refractivity contribution in [2.75, 3.05) is 13.2 Å². The summed E-state index contributed by atoms with van der Waals surface area (Å²) in [6, 6.07) is 11.5. The summed E-state index contributed by atoms with van der Waals surface area (Å²) < 4.78 is 29.2. The predicted molar refractivity (Wildman–Crippen MR) is 87.1 cm³/mol. The summed E-state index contributed by atoms with van der Waals surface area (Å²) in [6.07, 6.45) is 1.83. The third-order valence-corrected chi connectivity index (χ3v) is 3.82. The number of ether oxygens (including phenoxy) is 3. The number of rotatable bonds is 5. The van der Waals surface area contributed by atoms with E-state index in [0.29, 0.717) is 12.2 Å². The zero-order valence-corrected chi connectivity index (χ0v) is 13.4. The van der Waals surface area contributed by atoms with Gasteiger partial charge in [0.05, 0.1) is 17.2 Å². The van der Waals surface area contributed by atoms with Crippen molar-refractivity contribution in [3.05, 3.63) is 65.5 Å². The highest BCUT2D eigenvalue weighted by atomic mass is 19.1. The van der Waals surface area contributed by atoms with Gasteiger partial charge < -0.3 is 14.2 Å². The van der Waals surface area contributed by atoms with E-state index in [0.717, 1.165) is 12.8 Å². The van der Waals surface area contributed by atoms with Crippen molar-refractivity contribution in [1.82, 2.24) is 0 Å². The number of hydrogen-bond acceptors (Lipinski definition) is 5. The molecule has 0 N–H and O–H groups in total. The summed E-state index contributed by atoms with van der Waals surface area (Å²) in [4.78, 5) is 23.9. The number of benzene rings is 2. The standard InChI is InChI=1S/C19H17FO5/c20-17-6-2-1-5-16(17)19(22)25-14-9-7-13(8-10-14)18(21)24-12-15-4-3-11-23-15/h1-2,5-10,15H,3-4,11-12H2/t15-/m0/s1. The van der Waals surface area contributed by atoms with E-state index in [1.165, 1.54) is 42.5 Å². The molecule has 2 aromatic rings. The molecule has 0 saturated carbocycles. The maximum absolute atomic E-state index is 13.6. The smallest absolute Gasteiger partial charge is 0.346 e. The van der Waals surface area contributed by atoms with Gasteiger partial charge in [-0.25, -0.2) is 14.0 Å². The molecule has 0 spiro atoms. The van der Waals surface area contributed by atoms with Crippen molar-refractivity contribution < 1.29 is 28.2 Å². The summed E-state index contributed by atoms with van der Waals surface area (Å²) in [6.45, 7) is 0.924. The minimum Gasteiger partial charge on any atom is -0.459 e. The molecule has 0 unspecified atom stereocenters.